The third-order valence-corrected chi connectivity index (χ3v) is 2.86. The monoisotopic (exact) mass is 238 g/mol. The van der Waals surface area contributed by atoms with Gasteiger partial charge in [-0.05, 0) is 19.3 Å². The summed E-state index contributed by atoms with van der Waals surface area (Å²) in [7, 11) is 0. The summed E-state index contributed by atoms with van der Waals surface area (Å²) in [6, 6.07) is 0. The van der Waals surface area contributed by atoms with Crippen LogP contribution in [0.1, 0.15) is 42.2 Å². The average molecular weight is 238 g/mol. The molecule has 1 atom stereocenters. The fourth-order valence-corrected chi connectivity index (χ4v) is 1.95. The first-order chi connectivity index (χ1) is 8.31. The molecule has 94 valence electrons. The van der Waals surface area contributed by atoms with Gasteiger partial charge in [0.05, 0.1) is 12.3 Å². The van der Waals surface area contributed by atoms with Gasteiger partial charge in [0.1, 0.15) is 12.2 Å². The summed E-state index contributed by atoms with van der Waals surface area (Å²) in [6.45, 7) is 3.17. The van der Waals surface area contributed by atoms with Gasteiger partial charge in [-0.15, -0.1) is 0 Å². The van der Waals surface area contributed by atoms with E-state index < -0.39 is 0 Å². The molecule has 2 heterocycles. The van der Waals surface area contributed by atoms with Crippen LogP contribution >= 0.6 is 0 Å². The first-order valence-corrected chi connectivity index (χ1v) is 6.12. The predicted molar refractivity (Wildman–Crippen MR) is 61.8 cm³/mol. The minimum absolute atomic E-state index is 0.0699. The third kappa shape index (κ3) is 3.06. The van der Waals surface area contributed by atoms with Crippen molar-refractivity contribution in [2.45, 2.75) is 38.7 Å². The second kappa shape index (κ2) is 5.82. The summed E-state index contributed by atoms with van der Waals surface area (Å²) in [4.78, 5) is 11.8. The number of aryl methyl sites for hydroxylation is 1. The Labute approximate surface area is 100 Å². The van der Waals surface area contributed by atoms with Crippen LogP contribution in [0.5, 0.6) is 0 Å². The first kappa shape index (κ1) is 12.1. The van der Waals surface area contributed by atoms with Crippen molar-refractivity contribution >= 4 is 5.97 Å². The van der Waals surface area contributed by atoms with Crippen molar-refractivity contribution in [1.29, 1.82) is 0 Å². The quantitative estimate of drug-likeness (QED) is 0.793. The largest absolute Gasteiger partial charge is 0.459 e. The molecule has 2 rings (SSSR count). The van der Waals surface area contributed by atoms with Gasteiger partial charge in [0, 0.05) is 12.3 Å². The zero-order chi connectivity index (χ0) is 12.1. The lowest BCUT2D eigenvalue weighted by molar-refractivity contribution is 0.0160. The molecule has 1 saturated heterocycles. The summed E-state index contributed by atoms with van der Waals surface area (Å²) < 4.78 is 10.6. The number of nitrogens with one attached hydrogen (secondary N) is 1. The van der Waals surface area contributed by atoms with Crippen LogP contribution in [0.15, 0.2) is 6.20 Å². The minimum atomic E-state index is -0.308. The standard InChI is InChI=1S/C12H18N2O3/c1-2-4-11-10(7-13-14-11)12(15)17-8-9-5-3-6-16-9/h7,9H,2-6,8H2,1H3,(H,13,14)/t9-/m1/s1. The molecule has 17 heavy (non-hydrogen) atoms. The Morgan fingerprint density at radius 1 is 1.71 bits per heavy atom. The molecule has 0 radical (unpaired) electrons. The van der Waals surface area contributed by atoms with Crippen molar-refractivity contribution < 1.29 is 14.3 Å². The average Bonchev–Trinajstić information content (AvgIpc) is 2.97. The van der Waals surface area contributed by atoms with Crippen LogP contribution in [0, 0.1) is 0 Å². The van der Waals surface area contributed by atoms with E-state index in [1.807, 2.05) is 0 Å². The van der Waals surface area contributed by atoms with Crippen LogP contribution in [0.4, 0.5) is 0 Å². The number of hydrogen-bond acceptors (Lipinski definition) is 4. The number of H-pyrrole nitrogens is 1. The van der Waals surface area contributed by atoms with Crippen molar-refractivity contribution in [3.8, 4) is 0 Å². The maximum Gasteiger partial charge on any atom is 0.341 e. The number of esters is 1. The van der Waals surface area contributed by atoms with E-state index in [4.69, 9.17) is 9.47 Å². The molecule has 1 aliphatic heterocycles. The lowest BCUT2D eigenvalue weighted by Gasteiger charge is -2.09. The second-order valence-electron chi connectivity index (χ2n) is 4.25. The molecule has 1 N–H and O–H groups in total. The van der Waals surface area contributed by atoms with Gasteiger partial charge in [-0.3, -0.25) is 5.10 Å². The molecular formula is C12H18N2O3. The summed E-state index contributed by atoms with van der Waals surface area (Å²) >= 11 is 0. The zero-order valence-corrected chi connectivity index (χ0v) is 10.1. The van der Waals surface area contributed by atoms with Crippen LogP contribution in [-0.2, 0) is 15.9 Å². The summed E-state index contributed by atoms with van der Waals surface area (Å²) in [5, 5.41) is 6.72. The van der Waals surface area contributed by atoms with Gasteiger partial charge in [0.25, 0.3) is 0 Å². The zero-order valence-electron chi connectivity index (χ0n) is 10.1. The highest BCUT2D eigenvalue weighted by atomic mass is 16.6. The van der Waals surface area contributed by atoms with Crippen LogP contribution in [-0.4, -0.2) is 35.5 Å². The third-order valence-electron chi connectivity index (χ3n) is 2.86. The van der Waals surface area contributed by atoms with Gasteiger partial charge < -0.3 is 9.47 Å². The number of rotatable bonds is 5. The van der Waals surface area contributed by atoms with Crippen molar-refractivity contribution in [3.05, 3.63) is 17.5 Å². The molecule has 5 heteroatoms. The molecule has 1 aromatic rings. The maximum absolute atomic E-state index is 11.8. The Balaban J connectivity index is 1.87. The molecular weight excluding hydrogens is 220 g/mol. The molecule has 0 spiro atoms. The lowest BCUT2D eigenvalue weighted by atomic mass is 10.2. The highest BCUT2D eigenvalue weighted by Gasteiger charge is 2.20. The number of carbonyl (C=O) groups excluding carboxylic acids is 1. The fraction of sp³-hybridized carbons (Fsp3) is 0.667. The Kier molecular flexibility index (Phi) is 4.14. The molecule has 1 aromatic heterocycles. The highest BCUT2D eigenvalue weighted by molar-refractivity contribution is 5.90. The normalized spacial score (nSPS) is 19.5. The van der Waals surface area contributed by atoms with Gasteiger partial charge in [0.15, 0.2) is 0 Å². The Morgan fingerprint density at radius 2 is 2.59 bits per heavy atom. The summed E-state index contributed by atoms with van der Waals surface area (Å²) in [5.74, 6) is -0.308. The van der Waals surface area contributed by atoms with Gasteiger partial charge in [-0.2, -0.15) is 5.10 Å². The Morgan fingerprint density at radius 3 is 3.29 bits per heavy atom. The van der Waals surface area contributed by atoms with Crippen molar-refractivity contribution in [2.24, 2.45) is 0 Å². The number of aromatic nitrogens is 2. The van der Waals surface area contributed by atoms with E-state index in [1.165, 1.54) is 6.20 Å². The topological polar surface area (TPSA) is 64.2 Å². The van der Waals surface area contributed by atoms with E-state index in [2.05, 4.69) is 17.1 Å². The van der Waals surface area contributed by atoms with E-state index in [-0.39, 0.29) is 12.1 Å². The smallest absolute Gasteiger partial charge is 0.341 e. The molecule has 0 aromatic carbocycles. The Bertz CT molecular complexity index is 370. The minimum Gasteiger partial charge on any atom is -0.459 e. The van der Waals surface area contributed by atoms with Gasteiger partial charge >= 0.3 is 5.97 Å². The number of nitrogens with zero attached hydrogens (tertiary/aromatic N) is 1. The highest BCUT2D eigenvalue weighted by Crippen LogP contribution is 2.14. The first-order valence-electron chi connectivity index (χ1n) is 6.12. The fourth-order valence-electron chi connectivity index (χ4n) is 1.95. The van der Waals surface area contributed by atoms with Gasteiger partial charge in [0.2, 0.25) is 0 Å². The van der Waals surface area contributed by atoms with E-state index >= 15 is 0 Å². The molecule has 0 unspecified atom stereocenters. The van der Waals surface area contributed by atoms with E-state index in [9.17, 15) is 4.79 Å². The van der Waals surface area contributed by atoms with Crippen molar-refractivity contribution in [2.75, 3.05) is 13.2 Å². The van der Waals surface area contributed by atoms with E-state index in [1.54, 1.807) is 0 Å². The molecule has 0 aliphatic carbocycles. The van der Waals surface area contributed by atoms with E-state index in [0.717, 1.165) is 38.0 Å². The molecule has 1 fully saturated rings. The van der Waals surface area contributed by atoms with Crippen molar-refractivity contribution in [1.82, 2.24) is 10.2 Å². The van der Waals surface area contributed by atoms with Crippen LogP contribution < -0.4 is 0 Å². The van der Waals surface area contributed by atoms with Crippen LogP contribution in [0.3, 0.4) is 0 Å². The number of ether oxygens (including phenoxy) is 2. The summed E-state index contributed by atoms with van der Waals surface area (Å²) in [5.41, 5.74) is 1.40. The lowest BCUT2D eigenvalue weighted by Crippen LogP contribution is -2.18. The second-order valence-corrected chi connectivity index (χ2v) is 4.25. The van der Waals surface area contributed by atoms with Crippen LogP contribution in [0.25, 0.3) is 0 Å². The molecule has 0 amide bonds. The summed E-state index contributed by atoms with van der Waals surface area (Å²) in [6.07, 6.45) is 5.40. The maximum atomic E-state index is 11.8. The SMILES string of the molecule is CCCc1[nH]ncc1C(=O)OC[C@H]1CCCO1. The molecule has 0 bridgehead atoms. The number of carbonyl (C=O) groups is 1. The Hall–Kier alpha value is -1.36. The van der Waals surface area contributed by atoms with Gasteiger partial charge in [-0.25, -0.2) is 4.79 Å². The van der Waals surface area contributed by atoms with E-state index in [0.29, 0.717) is 12.2 Å². The molecule has 1 aliphatic rings. The predicted octanol–water partition coefficient (Wildman–Crippen LogP) is 1.70. The van der Waals surface area contributed by atoms with Crippen molar-refractivity contribution in [3.63, 3.8) is 0 Å². The number of aromatic amines is 1. The molecule has 0 saturated carbocycles. The number of hydrogen-bond donors (Lipinski definition) is 1. The molecule has 5 nitrogen and oxygen atoms in total. The van der Waals surface area contributed by atoms with Gasteiger partial charge in [-0.1, -0.05) is 13.3 Å². The van der Waals surface area contributed by atoms with Crippen LogP contribution in [0.2, 0.25) is 0 Å².